The molecule has 0 bridgehead atoms. The Morgan fingerprint density at radius 2 is 1.95 bits per heavy atom. The van der Waals surface area contributed by atoms with Gasteiger partial charge in [-0.15, -0.1) is 0 Å². The number of carbonyl (C=O) groups is 2. The second-order valence-corrected chi connectivity index (χ2v) is 5.51. The van der Waals surface area contributed by atoms with Crippen LogP contribution in [0.15, 0.2) is 30.3 Å². The van der Waals surface area contributed by atoms with Crippen molar-refractivity contribution in [2.75, 3.05) is 13.1 Å². The highest BCUT2D eigenvalue weighted by Gasteiger charge is 2.42. The highest BCUT2D eigenvalue weighted by atomic mass is 16.4. The second kappa shape index (κ2) is 5.03. The smallest absolute Gasteiger partial charge is 0.311 e. The van der Waals surface area contributed by atoms with Gasteiger partial charge >= 0.3 is 5.97 Å². The van der Waals surface area contributed by atoms with E-state index in [1.165, 1.54) is 0 Å². The third-order valence-electron chi connectivity index (χ3n) is 3.97. The van der Waals surface area contributed by atoms with Gasteiger partial charge in [-0.25, -0.2) is 0 Å². The number of hydrogen-bond donors (Lipinski definition) is 1. The quantitative estimate of drug-likeness (QED) is 0.906. The van der Waals surface area contributed by atoms with E-state index < -0.39 is 11.4 Å². The first kappa shape index (κ1) is 13.6. The molecule has 1 saturated heterocycles. The van der Waals surface area contributed by atoms with Crippen molar-refractivity contribution in [1.29, 1.82) is 0 Å². The van der Waals surface area contributed by atoms with Gasteiger partial charge in [0.1, 0.15) is 0 Å². The zero-order valence-corrected chi connectivity index (χ0v) is 11.3. The summed E-state index contributed by atoms with van der Waals surface area (Å²) in [6.07, 6.45) is 0.523. The van der Waals surface area contributed by atoms with Crippen LogP contribution in [0.2, 0.25) is 0 Å². The first-order valence-corrected chi connectivity index (χ1v) is 6.51. The molecule has 1 aliphatic rings. The Balaban J connectivity index is 2.08. The van der Waals surface area contributed by atoms with Crippen molar-refractivity contribution in [3.8, 4) is 0 Å². The molecule has 1 amide bonds. The van der Waals surface area contributed by atoms with E-state index in [-0.39, 0.29) is 11.8 Å². The van der Waals surface area contributed by atoms with Gasteiger partial charge in [0, 0.05) is 13.1 Å². The molecular weight excluding hydrogens is 242 g/mol. The number of carbonyl (C=O) groups excluding carboxylic acids is 1. The van der Waals surface area contributed by atoms with Gasteiger partial charge in [0.15, 0.2) is 0 Å². The average molecular weight is 261 g/mol. The Labute approximate surface area is 113 Å². The number of rotatable bonds is 3. The van der Waals surface area contributed by atoms with E-state index in [0.717, 1.165) is 5.56 Å². The fourth-order valence-corrected chi connectivity index (χ4v) is 2.48. The molecule has 1 unspecified atom stereocenters. The minimum Gasteiger partial charge on any atom is -0.481 e. The Bertz CT molecular complexity index is 485. The van der Waals surface area contributed by atoms with Crippen LogP contribution in [0.1, 0.15) is 31.7 Å². The fraction of sp³-hybridized carbons (Fsp3) is 0.467. The summed E-state index contributed by atoms with van der Waals surface area (Å²) in [5.41, 5.74) is 0.169. The second-order valence-electron chi connectivity index (χ2n) is 5.51. The lowest BCUT2D eigenvalue weighted by atomic mass is 9.90. The predicted octanol–water partition coefficient (Wildman–Crippen LogP) is 2.11. The minimum atomic E-state index is -0.824. The van der Waals surface area contributed by atoms with Crippen molar-refractivity contribution in [2.24, 2.45) is 5.41 Å². The number of likely N-dealkylation sites (tertiary alicyclic amines) is 1. The van der Waals surface area contributed by atoms with Gasteiger partial charge in [-0.2, -0.15) is 0 Å². The van der Waals surface area contributed by atoms with Crippen LogP contribution in [0.3, 0.4) is 0 Å². The van der Waals surface area contributed by atoms with Crippen LogP contribution in [0, 0.1) is 5.41 Å². The van der Waals surface area contributed by atoms with Gasteiger partial charge in [-0.1, -0.05) is 30.3 Å². The lowest BCUT2D eigenvalue weighted by Crippen LogP contribution is -2.36. The number of benzene rings is 1. The van der Waals surface area contributed by atoms with E-state index in [9.17, 15) is 14.7 Å². The van der Waals surface area contributed by atoms with E-state index in [1.807, 2.05) is 37.3 Å². The molecule has 0 spiro atoms. The van der Waals surface area contributed by atoms with E-state index in [4.69, 9.17) is 0 Å². The van der Waals surface area contributed by atoms with Crippen molar-refractivity contribution >= 4 is 11.9 Å². The Morgan fingerprint density at radius 1 is 1.32 bits per heavy atom. The molecule has 4 nitrogen and oxygen atoms in total. The van der Waals surface area contributed by atoms with Crippen LogP contribution in [0.4, 0.5) is 0 Å². The first-order chi connectivity index (χ1) is 8.94. The van der Waals surface area contributed by atoms with Crippen LogP contribution in [0.25, 0.3) is 0 Å². The standard InChI is InChI=1S/C15H19NO3/c1-11(12-6-4-3-5-7-12)13(17)16-9-8-15(2,10-16)14(18)19/h3-7,11H,8-10H2,1-2H3,(H,18,19)/t11-,15?/m1/s1. The summed E-state index contributed by atoms with van der Waals surface area (Å²) in [5, 5.41) is 9.19. The number of carboxylic acids is 1. The average Bonchev–Trinajstić information content (AvgIpc) is 2.82. The van der Waals surface area contributed by atoms with Gasteiger partial charge in [0.25, 0.3) is 0 Å². The van der Waals surface area contributed by atoms with Crippen molar-refractivity contribution in [2.45, 2.75) is 26.2 Å². The highest BCUT2D eigenvalue weighted by molar-refractivity contribution is 5.85. The topological polar surface area (TPSA) is 57.6 Å². The SMILES string of the molecule is C[C@@H](C(=O)N1CCC(C)(C(=O)O)C1)c1ccccc1. The lowest BCUT2D eigenvalue weighted by molar-refractivity contribution is -0.147. The van der Waals surface area contributed by atoms with Crippen LogP contribution in [0.5, 0.6) is 0 Å². The third kappa shape index (κ3) is 2.62. The molecule has 102 valence electrons. The molecule has 1 fully saturated rings. The predicted molar refractivity (Wildman–Crippen MR) is 71.8 cm³/mol. The number of hydrogen-bond acceptors (Lipinski definition) is 2. The molecule has 0 radical (unpaired) electrons. The summed E-state index contributed by atoms with van der Waals surface area (Å²) in [7, 11) is 0. The van der Waals surface area contributed by atoms with Gasteiger partial charge in [0.05, 0.1) is 11.3 Å². The summed E-state index contributed by atoms with van der Waals surface area (Å²) in [6.45, 7) is 4.40. The maximum Gasteiger partial charge on any atom is 0.311 e. The molecule has 19 heavy (non-hydrogen) atoms. The van der Waals surface area contributed by atoms with E-state index in [0.29, 0.717) is 19.5 Å². The summed E-state index contributed by atoms with van der Waals surface area (Å²) >= 11 is 0. The molecule has 2 atom stereocenters. The van der Waals surface area contributed by atoms with E-state index in [1.54, 1.807) is 11.8 Å². The molecule has 1 heterocycles. The Hall–Kier alpha value is -1.84. The Morgan fingerprint density at radius 3 is 2.47 bits per heavy atom. The van der Waals surface area contributed by atoms with Crippen LogP contribution < -0.4 is 0 Å². The molecular formula is C15H19NO3. The largest absolute Gasteiger partial charge is 0.481 e. The molecule has 1 aliphatic heterocycles. The van der Waals surface area contributed by atoms with Crippen LogP contribution in [-0.2, 0) is 9.59 Å². The maximum atomic E-state index is 12.4. The molecule has 0 aromatic heterocycles. The molecule has 1 aromatic rings. The summed E-state index contributed by atoms with van der Waals surface area (Å²) in [4.78, 5) is 25.3. The number of aliphatic carboxylic acids is 1. The highest BCUT2D eigenvalue weighted by Crippen LogP contribution is 2.32. The molecule has 1 N–H and O–H groups in total. The molecule has 1 aromatic carbocycles. The molecule has 2 rings (SSSR count). The van der Waals surface area contributed by atoms with E-state index >= 15 is 0 Å². The number of amides is 1. The van der Waals surface area contributed by atoms with Gasteiger partial charge in [-0.3, -0.25) is 9.59 Å². The van der Waals surface area contributed by atoms with E-state index in [2.05, 4.69) is 0 Å². The Kier molecular flexibility index (Phi) is 3.60. The molecule has 0 aliphatic carbocycles. The van der Waals surface area contributed by atoms with Gasteiger partial charge in [0.2, 0.25) is 5.91 Å². The fourth-order valence-electron chi connectivity index (χ4n) is 2.48. The molecule has 4 heteroatoms. The lowest BCUT2D eigenvalue weighted by Gasteiger charge is -2.23. The number of nitrogens with zero attached hydrogens (tertiary/aromatic N) is 1. The first-order valence-electron chi connectivity index (χ1n) is 6.51. The monoisotopic (exact) mass is 261 g/mol. The number of carboxylic acid groups (broad SMARTS) is 1. The third-order valence-corrected chi connectivity index (χ3v) is 3.97. The maximum absolute atomic E-state index is 12.4. The normalized spacial score (nSPS) is 24.2. The summed E-state index contributed by atoms with van der Waals surface area (Å²) in [5.74, 6) is -1.04. The summed E-state index contributed by atoms with van der Waals surface area (Å²) < 4.78 is 0. The van der Waals surface area contributed by atoms with Gasteiger partial charge < -0.3 is 10.0 Å². The van der Waals surface area contributed by atoms with Crippen molar-refractivity contribution < 1.29 is 14.7 Å². The zero-order valence-electron chi connectivity index (χ0n) is 11.3. The van der Waals surface area contributed by atoms with Crippen LogP contribution in [-0.4, -0.2) is 35.0 Å². The van der Waals surface area contributed by atoms with Crippen molar-refractivity contribution in [3.63, 3.8) is 0 Å². The van der Waals surface area contributed by atoms with Gasteiger partial charge in [-0.05, 0) is 25.8 Å². The minimum absolute atomic E-state index is 0.0103. The zero-order chi connectivity index (χ0) is 14.0. The molecule has 0 saturated carbocycles. The van der Waals surface area contributed by atoms with Crippen molar-refractivity contribution in [3.05, 3.63) is 35.9 Å². The summed E-state index contributed by atoms with van der Waals surface area (Å²) in [6, 6.07) is 9.58. The van der Waals surface area contributed by atoms with Crippen molar-refractivity contribution in [1.82, 2.24) is 4.90 Å². The van der Waals surface area contributed by atoms with Crippen LogP contribution >= 0.6 is 0 Å².